The Labute approximate surface area is 230 Å². The largest absolute Gasteiger partial charge is 0.272 e. The molecular weight excluding hydrogens is 566 g/mol. The van der Waals surface area contributed by atoms with Gasteiger partial charge < -0.3 is 0 Å². The monoisotopic (exact) mass is 588 g/mol. The second-order valence-electron chi connectivity index (χ2n) is 9.65. The summed E-state index contributed by atoms with van der Waals surface area (Å²) in [6.45, 7) is 2.16. The van der Waals surface area contributed by atoms with E-state index in [1.807, 2.05) is 30.3 Å². The van der Waals surface area contributed by atoms with Crippen LogP contribution in [0.1, 0.15) is 42.5 Å². The summed E-state index contributed by atoms with van der Waals surface area (Å²) in [6, 6.07) is 20.2. The highest BCUT2D eigenvalue weighted by atomic mass is 79.9. The highest BCUT2D eigenvalue weighted by Crippen LogP contribution is 2.44. The van der Waals surface area contributed by atoms with Crippen molar-refractivity contribution >= 4 is 39.4 Å². The zero-order chi connectivity index (χ0) is 26.4. The van der Waals surface area contributed by atoms with Crippen LogP contribution >= 0.6 is 27.3 Å². The van der Waals surface area contributed by atoms with Crippen LogP contribution in [-0.2, 0) is 0 Å². The van der Waals surface area contributed by atoms with E-state index in [2.05, 4.69) is 28.9 Å². The van der Waals surface area contributed by atoms with E-state index in [1.54, 1.807) is 28.8 Å². The molecule has 0 bridgehead atoms. The summed E-state index contributed by atoms with van der Waals surface area (Å²) < 4.78 is 30.7. The Morgan fingerprint density at radius 3 is 2.39 bits per heavy atom. The van der Waals surface area contributed by atoms with E-state index in [9.17, 15) is 13.6 Å². The van der Waals surface area contributed by atoms with Gasteiger partial charge in [-0.1, -0.05) is 70.6 Å². The topological polar surface area (TPSA) is 34.4 Å². The molecule has 38 heavy (non-hydrogen) atoms. The number of rotatable bonds is 3. The number of thiazole rings is 1. The zero-order valence-electron chi connectivity index (χ0n) is 20.5. The SMILES string of the molecule is CC1CC/C(=C\c2ccc(F)cc2)C2=C1C(c1ccc(F)cc1)n1c(sc(=Cc3cccc(Br)c3)c1=O)=N2. The van der Waals surface area contributed by atoms with Crippen LogP contribution in [0.5, 0.6) is 0 Å². The number of halogens is 3. The van der Waals surface area contributed by atoms with Gasteiger partial charge in [0.25, 0.3) is 5.56 Å². The van der Waals surface area contributed by atoms with Gasteiger partial charge >= 0.3 is 0 Å². The number of nitrogens with zero attached hydrogens (tertiary/aromatic N) is 2. The van der Waals surface area contributed by atoms with Gasteiger partial charge in [0.05, 0.1) is 16.3 Å². The van der Waals surface area contributed by atoms with E-state index < -0.39 is 6.04 Å². The van der Waals surface area contributed by atoms with Crippen LogP contribution in [0.15, 0.2) is 104 Å². The van der Waals surface area contributed by atoms with Crippen LogP contribution in [0.2, 0.25) is 0 Å². The number of allylic oxidation sites excluding steroid dienone is 2. The summed E-state index contributed by atoms with van der Waals surface area (Å²) in [5, 5.41) is 0. The van der Waals surface area contributed by atoms with Crippen LogP contribution in [0.4, 0.5) is 8.78 Å². The Kier molecular flexibility index (Phi) is 6.58. The summed E-state index contributed by atoms with van der Waals surface area (Å²) in [5.74, 6) is -0.426. The molecule has 3 aromatic carbocycles. The molecule has 0 saturated heterocycles. The van der Waals surface area contributed by atoms with Gasteiger partial charge in [0.1, 0.15) is 11.6 Å². The maximum Gasteiger partial charge on any atom is 0.271 e. The number of hydrogen-bond acceptors (Lipinski definition) is 3. The summed E-state index contributed by atoms with van der Waals surface area (Å²) in [7, 11) is 0. The molecule has 1 aliphatic heterocycles. The number of benzene rings is 3. The maximum absolute atomic E-state index is 13.9. The molecule has 3 nitrogen and oxygen atoms in total. The minimum Gasteiger partial charge on any atom is -0.272 e. The molecule has 0 N–H and O–H groups in total. The van der Waals surface area contributed by atoms with Gasteiger partial charge in [0, 0.05) is 4.47 Å². The average Bonchev–Trinajstić information content (AvgIpc) is 3.21. The average molecular weight is 590 g/mol. The van der Waals surface area contributed by atoms with Gasteiger partial charge in [-0.15, -0.1) is 0 Å². The molecule has 1 aliphatic carbocycles. The molecule has 0 amide bonds. The molecule has 0 saturated carbocycles. The lowest BCUT2D eigenvalue weighted by Gasteiger charge is -2.34. The van der Waals surface area contributed by atoms with E-state index in [1.165, 1.54) is 35.6 Å². The first kappa shape index (κ1) is 24.9. The van der Waals surface area contributed by atoms with Gasteiger partial charge in [-0.3, -0.25) is 9.36 Å². The third-order valence-electron chi connectivity index (χ3n) is 7.10. The van der Waals surface area contributed by atoms with Crippen molar-refractivity contribution in [2.45, 2.75) is 25.8 Å². The molecular formula is C31H23BrF2N2OS. The Morgan fingerprint density at radius 1 is 0.974 bits per heavy atom. The normalized spacial score (nSPS) is 20.3. The van der Waals surface area contributed by atoms with Gasteiger partial charge in [-0.25, -0.2) is 13.8 Å². The summed E-state index contributed by atoms with van der Waals surface area (Å²) in [5.41, 5.74) is 5.53. The van der Waals surface area contributed by atoms with Crippen molar-refractivity contribution in [1.29, 1.82) is 0 Å². The first-order valence-electron chi connectivity index (χ1n) is 12.4. The van der Waals surface area contributed by atoms with E-state index in [0.29, 0.717) is 9.33 Å². The van der Waals surface area contributed by atoms with Gasteiger partial charge in [-0.05, 0) is 95.1 Å². The summed E-state index contributed by atoms with van der Waals surface area (Å²) in [4.78, 5) is 19.5. The van der Waals surface area contributed by atoms with Crippen LogP contribution in [0.3, 0.4) is 0 Å². The van der Waals surface area contributed by atoms with Crippen LogP contribution in [0, 0.1) is 17.6 Å². The van der Waals surface area contributed by atoms with Gasteiger partial charge in [0.15, 0.2) is 4.80 Å². The van der Waals surface area contributed by atoms with Gasteiger partial charge in [-0.2, -0.15) is 0 Å². The molecule has 6 rings (SSSR count). The van der Waals surface area contributed by atoms with E-state index >= 15 is 0 Å². The second-order valence-corrected chi connectivity index (χ2v) is 11.6. The van der Waals surface area contributed by atoms with Crippen molar-refractivity contribution < 1.29 is 8.78 Å². The highest BCUT2D eigenvalue weighted by Gasteiger charge is 2.35. The molecule has 2 atom stereocenters. The Morgan fingerprint density at radius 2 is 1.68 bits per heavy atom. The molecule has 4 aromatic rings. The molecule has 0 fully saturated rings. The van der Waals surface area contributed by atoms with Crippen molar-refractivity contribution in [3.05, 3.63) is 142 Å². The third-order valence-corrected chi connectivity index (χ3v) is 8.57. The molecule has 1 aromatic heterocycles. The molecule has 2 aliphatic rings. The van der Waals surface area contributed by atoms with Crippen molar-refractivity contribution in [1.82, 2.24) is 4.57 Å². The van der Waals surface area contributed by atoms with E-state index in [4.69, 9.17) is 4.99 Å². The van der Waals surface area contributed by atoms with Crippen molar-refractivity contribution in [3.8, 4) is 0 Å². The first-order valence-corrected chi connectivity index (χ1v) is 14.0. The molecule has 190 valence electrons. The standard InChI is InChI=1S/C31H23BrF2N2OS/c1-18-5-8-22(15-19-6-11-24(33)12-7-19)28-27(18)29(21-9-13-25(34)14-10-21)36-30(37)26(38-31(36)35-28)17-20-3-2-4-23(32)16-20/h2-4,6-7,9-18,29H,5,8H2,1H3/b22-15+,26-17?. The molecule has 2 heterocycles. The molecule has 0 spiro atoms. The zero-order valence-corrected chi connectivity index (χ0v) is 22.9. The Bertz CT molecular complexity index is 1780. The van der Waals surface area contributed by atoms with E-state index in [0.717, 1.165) is 50.8 Å². The minimum absolute atomic E-state index is 0.114. The lowest BCUT2D eigenvalue weighted by Crippen LogP contribution is -2.40. The van der Waals surface area contributed by atoms with Crippen molar-refractivity contribution in [2.75, 3.05) is 0 Å². The quantitative estimate of drug-likeness (QED) is 0.260. The van der Waals surface area contributed by atoms with Crippen LogP contribution in [-0.4, -0.2) is 4.57 Å². The lowest BCUT2D eigenvalue weighted by molar-refractivity contribution is 0.476. The van der Waals surface area contributed by atoms with E-state index in [-0.39, 0.29) is 23.1 Å². The Hall–Kier alpha value is -3.42. The summed E-state index contributed by atoms with van der Waals surface area (Å²) in [6.07, 6.45) is 5.66. The predicted molar refractivity (Wildman–Crippen MR) is 151 cm³/mol. The van der Waals surface area contributed by atoms with Crippen LogP contribution < -0.4 is 14.9 Å². The second kappa shape index (κ2) is 10.0. The molecule has 7 heteroatoms. The smallest absolute Gasteiger partial charge is 0.271 e. The fraction of sp³-hybridized carbons (Fsp3) is 0.161. The number of aromatic nitrogens is 1. The summed E-state index contributed by atoms with van der Waals surface area (Å²) >= 11 is 4.86. The first-order chi connectivity index (χ1) is 18.4. The molecule has 2 unspecified atom stereocenters. The van der Waals surface area contributed by atoms with Crippen molar-refractivity contribution in [3.63, 3.8) is 0 Å². The fourth-order valence-corrected chi connectivity index (χ4v) is 6.67. The lowest BCUT2D eigenvalue weighted by atomic mass is 9.77. The predicted octanol–water partition coefficient (Wildman–Crippen LogP) is 6.77. The van der Waals surface area contributed by atoms with Crippen molar-refractivity contribution in [2.24, 2.45) is 10.9 Å². The minimum atomic E-state index is -0.390. The third kappa shape index (κ3) is 4.65. The maximum atomic E-state index is 13.9. The fourth-order valence-electron chi connectivity index (χ4n) is 5.25. The number of fused-ring (bicyclic) bond motifs is 1. The molecule has 0 radical (unpaired) electrons. The number of hydrogen-bond donors (Lipinski definition) is 0. The Balaban J connectivity index is 1.60. The van der Waals surface area contributed by atoms with Gasteiger partial charge in [0.2, 0.25) is 0 Å². The van der Waals surface area contributed by atoms with Crippen LogP contribution in [0.25, 0.3) is 12.2 Å². The highest BCUT2D eigenvalue weighted by molar-refractivity contribution is 9.10.